The SMILES string of the molecule is CCn1c(=NC(=O)c2cccc(C(F)(F)F)c2)sc2cccc(Cl)c21. The second-order valence-electron chi connectivity index (χ2n) is 5.21. The van der Waals surface area contributed by atoms with Crippen molar-refractivity contribution in [2.24, 2.45) is 4.99 Å². The van der Waals surface area contributed by atoms with E-state index in [0.29, 0.717) is 16.4 Å². The van der Waals surface area contributed by atoms with Crippen LogP contribution in [0, 0.1) is 0 Å². The fourth-order valence-corrected chi connectivity index (χ4v) is 3.90. The van der Waals surface area contributed by atoms with Gasteiger partial charge in [0.1, 0.15) is 0 Å². The molecule has 1 heterocycles. The topological polar surface area (TPSA) is 34.4 Å². The lowest BCUT2D eigenvalue weighted by atomic mass is 10.1. The lowest BCUT2D eigenvalue weighted by molar-refractivity contribution is -0.137. The highest BCUT2D eigenvalue weighted by Gasteiger charge is 2.30. The number of rotatable bonds is 2. The quantitative estimate of drug-likeness (QED) is 0.602. The number of hydrogen-bond acceptors (Lipinski definition) is 2. The molecule has 0 radical (unpaired) electrons. The van der Waals surface area contributed by atoms with Crippen LogP contribution in [0.15, 0.2) is 47.5 Å². The molecule has 0 spiro atoms. The van der Waals surface area contributed by atoms with E-state index < -0.39 is 17.6 Å². The van der Waals surface area contributed by atoms with Gasteiger partial charge in [0.2, 0.25) is 0 Å². The average Bonchev–Trinajstić information content (AvgIpc) is 2.92. The van der Waals surface area contributed by atoms with Crippen molar-refractivity contribution in [2.75, 3.05) is 0 Å². The van der Waals surface area contributed by atoms with Crippen LogP contribution in [0.4, 0.5) is 13.2 Å². The molecule has 3 nitrogen and oxygen atoms in total. The number of aryl methyl sites for hydroxylation is 1. The number of nitrogens with zero attached hydrogens (tertiary/aromatic N) is 2. The van der Waals surface area contributed by atoms with Crippen LogP contribution in [0.1, 0.15) is 22.8 Å². The van der Waals surface area contributed by atoms with Crippen LogP contribution in [0.3, 0.4) is 0 Å². The van der Waals surface area contributed by atoms with Crippen LogP contribution in [0.25, 0.3) is 10.2 Å². The number of hydrogen-bond donors (Lipinski definition) is 0. The van der Waals surface area contributed by atoms with Gasteiger partial charge in [0, 0.05) is 12.1 Å². The number of fused-ring (bicyclic) bond motifs is 1. The molecule has 2 aromatic carbocycles. The Labute approximate surface area is 150 Å². The molecule has 8 heteroatoms. The summed E-state index contributed by atoms with van der Waals surface area (Å²) in [5, 5.41) is 0.531. The smallest absolute Gasteiger partial charge is 0.315 e. The molecule has 0 fully saturated rings. The van der Waals surface area contributed by atoms with Gasteiger partial charge in [0.15, 0.2) is 4.80 Å². The van der Waals surface area contributed by atoms with Crippen LogP contribution >= 0.6 is 22.9 Å². The summed E-state index contributed by atoms with van der Waals surface area (Å²) in [6.45, 7) is 2.40. The summed E-state index contributed by atoms with van der Waals surface area (Å²) < 4.78 is 41.0. The summed E-state index contributed by atoms with van der Waals surface area (Å²) in [5.41, 5.74) is -0.232. The van der Waals surface area contributed by atoms with Crippen LogP contribution < -0.4 is 4.80 Å². The average molecular weight is 385 g/mol. The van der Waals surface area contributed by atoms with Gasteiger partial charge in [-0.15, -0.1) is 0 Å². The predicted octanol–water partition coefficient (Wildman–Crippen LogP) is 5.14. The molecule has 0 saturated heterocycles. The molecular formula is C17H12ClF3N2OS. The molecule has 130 valence electrons. The number of aromatic nitrogens is 1. The molecule has 0 N–H and O–H groups in total. The Morgan fingerprint density at radius 3 is 2.64 bits per heavy atom. The molecule has 25 heavy (non-hydrogen) atoms. The first-order valence-corrected chi connectivity index (χ1v) is 8.55. The van der Waals surface area contributed by atoms with E-state index in [1.165, 1.54) is 23.5 Å². The van der Waals surface area contributed by atoms with Crippen LogP contribution in [0.5, 0.6) is 0 Å². The van der Waals surface area contributed by atoms with Crippen molar-refractivity contribution in [1.29, 1.82) is 0 Å². The molecule has 1 aromatic heterocycles. The van der Waals surface area contributed by atoms with Gasteiger partial charge in [-0.25, -0.2) is 0 Å². The fourth-order valence-electron chi connectivity index (χ4n) is 2.45. The van der Waals surface area contributed by atoms with Crippen LogP contribution in [-0.4, -0.2) is 10.5 Å². The Balaban J connectivity index is 2.11. The molecule has 0 aliphatic heterocycles. The van der Waals surface area contributed by atoms with E-state index in [9.17, 15) is 18.0 Å². The minimum atomic E-state index is -4.51. The summed E-state index contributed by atoms with van der Waals surface area (Å²) in [7, 11) is 0. The Morgan fingerprint density at radius 1 is 1.24 bits per heavy atom. The summed E-state index contributed by atoms with van der Waals surface area (Å²) in [5.74, 6) is -0.726. The molecule has 3 aromatic rings. The maximum atomic E-state index is 12.8. The Kier molecular flexibility index (Phi) is 4.71. The molecule has 0 saturated carbocycles. The zero-order valence-electron chi connectivity index (χ0n) is 13.0. The van der Waals surface area contributed by atoms with Gasteiger partial charge in [-0.2, -0.15) is 18.2 Å². The van der Waals surface area contributed by atoms with E-state index in [1.807, 2.05) is 13.0 Å². The van der Waals surface area contributed by atoms with E-state index in [4.69, 9.17) is 11.6 Å². The number of carbonyl (C=O) groups is 1. The molecule has 0 aliphatic rings. The van der Waals surface area contributed by atoms with Crippen molar-refractivity contribution in [3.8, 4) is 0 Å². The van der Waals surface area contributed by atoms with Gasteiger partial charge in [0.05, 0.1) is 20.8 Å². The Bertz CT molecular complexity index is 1020. The number of amides is 1. The van der Waals surface area contributed by atoms with Crippen LogP contribution in [0.2, 0.25) is 5.02 Å². The first-order chi connectivity index (χ1) is 11.8. The molecular weight excluding hydrogens is 373 g/mol. The maximum absolute atomic E-state index is 12.8. The summed E-state index contributed by atoms with van der Waals surface area (Å²) in [6, 6.07) is 9.62. The number of halogens is 4. The van der Waals surface area contributed by atoms with Crippen molar-refractivity contribution in [2.45, 2.75) is 19.6 Å². The van der Waals surface area contributed by atoms with Crippen LogP contribution in [-0.2, 0) is 12.7 Å². The zero-order valence-corrected chi connectivity index (χ0v) is 14.5. The fraction of sp³-hybridized carbons (Fsp3) is 0.176. The first-order valence-electron chi connectivity index (χ1n) is 7.35. The highest BCUT2D eigenvalue weighted by molar-refractivity contribution is 7.16. The van der Waals surface area contributed by atoms with E-state index in [-0.39, 0.29) is 5.56 Å². The Morgan fingerprint density at radius 2 is 1.96 bits per heavy atom. The van der Waals surface area contributed by atoms with E-state index in [0.717, 1.165) is 22.3 Å². The first kappa shape index (κ1) is 17.7. The highest BCUT2D eigenvalue weighted by Crippen LogP contribution is 2.30. The Hall–Kier alpha value is -2.12. The van der Waals surface area contributed by atoms with Gasteiger partial charge in [-0.1, -0.05) is 35.1 Å². The summed E-state index contributed by atoms with van der Waals surface area (Å²) in [6.07, 6.45) is -4.51. The van der Waals surface area contributed by atoms with Gasteiger partial charge in [-0.3, -0.25) is 4.79 Å². The monoisotopic (exact) mass is 384 g/mol. The minimum Gasteiger partial charge on any atom is -0.315 e. The molecule has 0 bridgehead atoms. The minimum absolute atomic E-state index is 0.110. The number of benzene rings is 2. The standard InChI is InChI=1S/C17H12ClF3N2OS/c1-2-23-14-12(18)7-4-8-13(14)25-16(23)22-15(24)10-5-3-6-11(9-10)17(19,20)21/h3-9H,2H2,1H3. The van der Waals surface area contributed by atoms with Gasteiger partial charge in [0.25, 0.3) is 5.91 Å². The van der Waals surface area contributed by atoms with Crippen molar-refractivity contribution in [3.05, 3.63) is 63.4 Å². The largest absolute Gasteiger partial charge is 0.416 e. The zero-order chi connectivity index (χ0) is 18.2. The second-order valence-corrected chi connectivity index (χ2v) is 6.63. The highest BCUT2D eigenvalue weighted by atomic mass is 35.5. The van der Waals surface area contributed by atoms with E-state index in [1.54, 1.807) is 16.7 Å². The lowest BCUT2D eigenvalue weighted by Gasteiger charge is -2.06. The third-order valence-electron chi connectivity index (χ3n) is 3.60. The maximum Gasteiger partial charge on any atom is 0.416 e. The summed E-state index contributed by atoms with van der Waals surface area (Å²) >= 11 is 7.48. The second kappa shape index (κ2) is 6.65. The van der Waals surface area contributed by atoms with Crippen molar-refractivity contribution >= 4 is 39.1 Å². The third kappa shape index (κ3) is 3.48. The number of alkyl halides is 3. The third-order valence-corrected chi connectivity index (χ3v) is 4.95. The van der Waals surface area contributed by atoms with E-state index in [2.05, 4.69) is 4.99 Å². The molecule has 1 amide bonds. The number of carbonyl (C=O) groups excluding carboxylic acids is 1. The summed E-state index contributed by atoms with van der Waals surface area (Å²) in [4.78, 5) is 16.8. The van der Waals surface area contributed by atoms with Crippen molar-refractivity contribution < 1.29 is 18.0 Å². The molecule has 3 rings (SSSR count). The molecule has 0 aliphatic carbocycles. The van der Waals surface area contributed by atoms with Gasteiger partial charge < -0.3 is 4.57 Å². The molecule has 0 unspecified atom stereocenters. The van der Waals surface area contributed by atoms with Gasteiger partial charge in [-0.05, 0) is 37.3 Å². The predicted molar refractivity (Wildman–Crippen MR) is 91.8 cm³/mol. The number of thiazole rings is 1. The van der Waals surface area contributed by atoms with Crippen molar-refractivity contribution in [3.63, 3.8) is 0 Å². The van der Waals surface area contributed by atoms with Crippen molar-refractivity contribution in [1.82, 2.24) is 4.57 Å². The number of para-hydroxylation sites is 1. The normalized spacial score (nSPS) is 12.8. The molecule has 0 atom stereocenters. The van der Waals surface area contributed by atoms with E-state index >= 15 is 0 Å². The lowest BCUT2D eigenvalue weighted by Crippen LogP contribution is -2.16. The van der Waals surface area contributed by atoms with Gasteiger partial charge >= 0.3 is 6.18 Å².